The molecule has 1 fully saturated rings. The minimum Gasteiger partial charge on any atom is -0.354 e. The lowest BCUT2D eigenvalue weighted by Crippen LogP contribution is -2.45. The molecule has 1 saturated carbocycles. The molecule has 0 bridgehead atoms. The molecule has 0 heterocycles. The summed E-state index contributed by atoms with van der Waals surface area (Å²) in [5.41, 5.74) is 0. The summed E-state index contributed by atoms with van der Waals surface area (Å²) in [6.45, 7) is 6.21. The Morgan fingerprint density at radius 2 is 1.48 bits per heavy atom. The molecule has 2 heteroatoms. The first-order valence-electron chi connectivity index (χ1n) is 9.44. The van der Waals surface area contributed by atoms with E-state index < -0.39 is 0 Å². The molecule has 2 nitrogen and oxygen atoms in total. The Bertz CT molecular complexity index is 259. The van der Waals surface area contributed by atoms with Crippen molar-refractivity contribution in [2.24, 2.45) is 11.8 Å². The number of hydrogen-bond donors (Lipinski definition) is 1. The lowest BCUT2D eigenvalue weighted by molar-refractivity contribution is -0.120. The van der Waals surface area contributed by atoms with E-state index in [4.69, 9.17) is 0 Å². The van der Waals surface area contributed by atoms with Gasteiger partial charge < -0.3 is 5.32 Å². The maximum atomic E-state index is 11.1. The number of hydrogen-bond acceptors (Lipinski definition) is 1. The lowest BCUT2D eigenvalue weighted by atomic mass is 9.69. The Hall–Kier alpha value is -0.530. The molecule has 0 spiro atoms. The third kappa shape index (κ3) is 7.87. The van der Waals surface area contributed by atoms with Crippen LogP contribution in [0.3, 0.4) is 0 Å². The third-order valence-corrected chi connectivity index (χ3v) is 5.11. The molecule has 1 rings (SSSR count). The fraction of sp³-hybridized carbons (Fsp3) is 0.947. The third-order valence-electron chi connectivity index (χ3n) is 5.11. The molecule has 0 saturated heterocycles. The van der Waals surface area contributed by atoms with Gasteiger partial charge in [0, 0.05) is 13.0 Å². The molecule has 1 aliphatic rings. The topological polar surface area (TPSA) is 29.1 Å². The van der Waals surface area contributed by atoms with Crippen LogP contribution in [0.5, 0.6) is 0 Å². The number of carbonyl (C=O) groups is 1. The fourth-order valence-corrected chi connectivity index (χ4v) is 3.73. The van der Waals surface area contributed by atoms with Crippen LogP contribution in [0.4, 0.5) is 0 Å². The summed E-state index contributed by atoms with van der Waals surface area (Å²) >= 11 is 0. The van der Waals surface area contributed by atoms with Gasteiger partial charge in [-0.15, -0.1) is 0 Å². The molecule has 1 N–H and O–H groups in total. The van der Waals surface area contributed by atoms with Crippen LogP contribution in [0.25, 0.3) is 0 Å². The second kappa shape index (κ2) is 11.1. The number of unbranched alkanes of at least 4 members (excludes halogenated alkanes) is 6. The molecular formula is C19H37NO. The average molecular weight is 296 g/mol. The van der Waals surface area contributed by atoms with Gasteiger partial charge in [0.1, 0.15) is 0 Å². The van der Waals surface area contributed by atoms with Crippen LogP contribution in [0.2, 0.25) is 0 Å². The molecule has 0 aromatic heterocycles. The van der Waals surface area contributed by atoms with Crippen LogP contribution < -0.4 is 5.32 Å². The van der Waals surface area contributed by atoms with Gasteiger partial charge in [-0.25, -0.2) is 0 Å². The largest absolute Gasteiger partial charge is 0.354 e. The van der Waals surface area contributed by atoms with E-state index in [9.17, 15) is 4.79 Å². The highest BCUT2D eigenvalue weighted by Crippen LogP contribution is 2.39. The zero-order valence-corrected chi connectivity index (χ0v) is 14.6. The first kappa shape index (κ1) is 18.5. The second-order valence-corrected chi connectivity index (χ2v) is 7.09. The number of carbonyl (C=O) groups excluding carboxylic acids is 1. The van der Waals surface area contributed by atoms with E-state index in [1.165, 1.54) is 77.0 Å². The van der Waals surface area contributed by atoms with Gasteiger partial charge >= 0.3 is 0 Å². The van der Waals surface area contributed by atoms with Crippen molar-refractivity contribution < 1.29 is 4.79 Å². The number of nitrogens with one attached hydrogen (secondary N) is 1. The normalized spacial score (nSPS) is 21.3. The van der Waals surface area contributed by atoms with Crippen molar-refractivity contribution in [2.45, 2.75) is 104 Å². The molecule has 124 valence electrons. The van der Waals surface area contributed by atoms with E-state index in [-0.39, 0.29) is 5.91 Å². The Balaban J connectivity index is 2.25. The molecule has 0 radical (unpaired) electrons. The number of rotatable bonds is 12. The van der Waals surface area contributed by atoms with E-state index in [2.05, 4.69) is 19.2 Å². The van der Waals surface area contributed by atoms with Crippen molar-refractivity contribution in [3.05, 3.63) is 0 Å². The Labute approximate surface area is 132 Å². The zero-order chi connectivity index (χ0) is 15.5. The van der Waals surface area contributed by atoms with Crippen LogP contribution in [-0.4, -0.2) is 11.9 Å². The molecule has 1 aliphatic carbocycles. The van der Waals surface area contributed by atoms with Gasteiger partial charge in [-0.2, -0.15) is 0 Å². The maximum Gasteiger partial charge on any atom is 0.217 e. The fourth-order valence-electron chi connectivity index (χ4n) is 3.73. The predicted octanol–water partition coefficient (Wildman–Crippen LogP) is 5.46. The van der Waals surface area contributed by atoms with Gasteiger partial charge in [0.15, 0.2) is 0 Å². The molecule has 0 unspecified atom stereocenters. The molecule has 0 aromatic carbocycles. The van der Waals surface area contributed by atoms with E-state index in [0.717, 1.165) is 11.8 Å². The van der Waals surface area contributed by atoms with Crippen LogP contribution in [0, 0.1) is 11.8 Å². The molecule has 0 atom stereocenters. The van der Waals surface area contributed by atoms with Crippen LogP contribution in [0.15, 0.2) is 0 Å². The molecule has 21 heavy (non-hydrogen) atoms. The number of amides is 1. The monoisotopic (exact) mass is 295 g/mol. The highest BCUT2D eigenvalue weighted by molar-refractivity contribution is 5.73. The van der Waals surface area contributed by atoms with Crippen molar-refractivity contribution in [3.8, 4) is 0 Å². The smallest absolute Gasteiger partial charge is 0.217 e. The van der Waals surface area contributed by atoms with Gasteiger partial charge in [-0.3, -0.25) is 4.79 Å². The van der Waals surface area contributed by atoms with Crippen LogP contribution >= 0.6 is 0 Å². The molecule has 0 aromatic rings. The second-order valence-electron chi connectivity index (χ2n) is 7.09. The van der Waals surface area contributed by atoms with Crippen LogP contribution in [-0.2, 0) is 4.79 Å². The molecular weight excluding hydrogens is 258 g/mol. The lowest BCUT2D eigenvalue weighted by Gasteiger charge is -2.41. The summed E-state index contributed by atoms with van der Waals surface area (Å²) in [5, 5.41) is 3.08. The Kier molecular flexibility index (Phi) is 9.78. The summed E-state index contributed by atoms with van der Waals surface area (Å²) in [5.74, 6) is 1.94. The van der Waals surface area contributed by atoms with Gasteiger partial charge in [0.2, 0.25) is 5.91 Å². The predicted molar refractivity (Wildman–Crippen MR) is 91.3 cm³/mol. The highest BCUT2D eigenvalue weighted by Gasteiger charge is 2.34. The minimum absolute atomic E-state index is 0.140. The summed E-state index contributed by atoms with van der Waals surface area (Å²) in [7, 11) is 0. The van der Waals surface area contributed by atoms with Gasteiger partial charge in [0.05, 0.1) is 0 Å². The first-order valence-corrected chi connectivity index (χ1v) is 9.44. The van der Waals surface area contributed by atoms with Crippen molar-refractivity contribution in [3.63, 3.8) is 0 Å². The van der Waals surface area contributed by atoms with Gasteiger partial charge in [-0.1, -0.05) is 78.1 Å². The molecule has 0 aliphatic heterocycles. The zero-order valence-electron chi connectivity index (χ0n) is 14.6. The maximum absolute atomic E-state index is 11.1. The highest BCUT2D eigenvalue weighted by atomic mass is 16.1. The van der Waals surface area contributed by atoms with Crippen LogP contribution in [0.1, 0.15) is 97.8 Å². The Morgan fingerprint density at radius 3 is 1.90 bits per heavy atom. The van der Waals surface area contributed by atoms with E-state index in [0.29, 0.717) is 6.04 Å². The summed E-state index contributed by atoms with van der Waals surface area (Å²) in [6, 6.07) is 0.473. The first-order chi connectivity index (χ1) is 10.2. The Morgan fingerprint density at radius 1 is 0.952 bits per heavy atom. The van der Waals surface area contributed by atoms with Gasteiger partial charge in [-0.05, 0) is 24.7 Å². The quantitative estimate of drug-likeness (QED) is 0.476. The summed E-state index contributed by atoms with van der Waals surface area (Å²) < 4.78 is 0. The SMILES string of the molecule is CCCCCCC(CCCCCC)C1CC(NC(C)=O)C1. The van der Waals surface area contributed by atoms with Crippen molar-refractivity contribution >= 4 is 5.91 Å². The van der Waals surface area contributed by atoms with E-state index in [1.807, 2.05) is 0 Å². The summed E-state index contributed by atoms with van der Waals surface area (Å²) in [6.07, 6.45) is 16.4. The van der Waals surface area contributed by atoms with Gasteiger partial charge in [0.25, 0.3) is 0 Å². The standard InChI is InChI=1S/C19H37NO/c1-4-6-8-10-12-17(13-11-9-7-5-2)18-14-19(15-18)20-16(3)21/h17-19H,4-15H2,1-3H3,(H,20,21). The minimum atomic E-state index is 0.140. The van der Waals surface area contributed by atoms with E-state index >= 15 is 0 Å². The van der Waals surface area contributed by atoms with Crippen molar-refractivity contribution in [2.75, 3.05) is 0 Å². The van der Waals surface area contributed by atoms with Crippen molar-refractivity contribution in [1.29, 1.82) is 0 Å². The van der Waals surface area contributed by atoms with Crippen molar-refractivity contribution in [1.82, 2.24) is 5.32 Å². The van der Waals surface area contributed by atoms with E-state index in [1.54, 1.807) is 6.92 Å². The summed E-state index contributed by atoms with van der Waals surface area (Å²) in [4.78, 5) is 11.1. The molecule has 1 amide bonds. The average Bonchev–Trinajstić information content (AvgIpc) is 2.41.